The molecule has 0 N–H and O–H groups in total. The summed E-state index contributed by atoms with van der Waals surface area (Å²) in [7, 11) is 0. The molecule has 0 aliphatic carbocycles. The van der Waals surface area contributed by atoms with E-state index in [-0.39, 0.29) is 0 Å². The first-order valence-electron chi connectivity index (χ1n) is 2.93. The van der Waals surface area contributed by atoms with Crippen molar-refractivity contribution in [2.45, 2.75) is 6.92 Å². The second-order valence-electron chi connectivity index (χ2n) is 2.08. The Kier molecular flexibility index (Phi) is 2.62. The lowest BCUT2D eigenvalue weighted by Gasteiger charge is -1.99. The van der Waals surface area contributed by atoms with Crippen molar-refractivity contribution >= 4 is 33.8 Å². The summed E-state index contributed by atoms with van der Waals surface area (Å²) in [6.07, 6.45) is 0.670. The van der Waals surface area contributed by atoms with Crippen LogP contribution in [0.3, 0.4) is 0 Å². The predicted octanol–water partition coefficient (Wildman–Crippen LogP) is 2.62. The highest BCUT2D eigenvalue weighted by Gasteiger charge is 2.04. The third kappa shape index (κ3) is 1.79. The van der Waals surface area contributed by atoms with Crippen LogP contribution in [0.25, 0.3) is 0 Å². The molecule has 1 aromatic heterocycles. The van der Waals surface area contributed by atoms with Crippen molar-refractivity contribution in [3.63, 3.8) is 0 Å². The predicted molar refractivity (Wildman–Crippen MR) is 47.1 cm³/mol. The second-order valence-corrected chi connectivity index (χ2v) is 3.26. The molecule has 0 atom stereocenters. The number of aromatic nitrogens is 1. The van der Waals surface area contributed by atoms with Gasteiger partial charge in [0.2, 0.25) is 0 Å². The average Bonchev–Trinajstić information content (AvgIpc) is 1.96. The molecule has 0 bridgehead atoms. The molecule has 0 amide bonds. The van der Waals surface area contributed by atoms with E-state index in [1.165, 1.54) is 0 Å². The quantitative estimate of drug-likeness (QED) is 0.552. The molecule has 1 rings (SSSR count). The van der Waals surface area contributed by atoms with Gasteiger partial charge < -0.3 is 0 Å². The average molecular weight is 234 g/mol. The topological polar surface area (TPSA) is 30.0 Å². The van der Waals surface area contributed by atoms with Crippen LogP contribution in [0.15, 0.2) is 10.5 Å². The van der Waals surface area contributed by atoms with E-state index in [1.807, 2.05) is 6.92 Å². The normalized spacial score (nSPS) is 9.73. The lowest BCUT2D eigenvalue weighted by Crippen LogP contribution is -1.91. The standard InChI is InChI=1S/C7H5BrClNO/c1-4-2-6(9)10-5(3-11)7(4)8/h2-3H,1H3. The largest absolute Gasteiger partial charge is 0.296 e. The van der Waals surface area contributed by atoms with Gasteiger partial charge >= 0.3 is 0 Å². The van der Waals surface area contributed by atoms with Crippen LogP contribution >= 0.6 is 27.5 Å². The highest BCUT2D eigenvalue weighted by molar-refractivity contribution is 9.10. The van der Waals surface area contributed by atoms with Gasteiger partial charge in [-0.1, -0.05) is 11.6 Å². The van der Waals surface area contributed by atoms with Gasteiger partial charge in [0, 0.05) is 4.47 Å². The van der Waals surface area contributed by atoms with Crippen LogP contribution in [0, 0.1) is 6.92 Å². The van der Waals surface area contributed by atoms with E-state index < -0.39 is 0 Å². The maximum Gasteiger partial charge on any atom is 0.169 e. The van der Waals surface area contributed by atoms with Gasteiger partial charge in [0.15, 0.2) is 6.29 Å². The molecule has 0 spiro atoms. The molecule has 0 saturated heterocycles. The van der Waals surface area contributed by atoms with Crippen LogP contribution in [0.2, 0.25) is 5.15 Å². The lowest BCUT2D eigenvalue weighted by molar-refractivity contribution is 0.111. The van der Waals surface area contributed by atoms with Gasteiger partial charge in [-0.25, -0.2) is 4.98 Å². The summed E-state index contributed by atoms with van der Waals surface area (Å²) in [6, 6.07) is 1.69. The van der Waals surface area contributed by atoms with Gasteiger partial charge in [0.05, 0.1) is 0 Å². The van der Waals surface area contributed by atoms with Gasteiger partial charge in [0.25, 0.3) is 0 Å². The van der Waals surface area contributed by atoms with Crippen molar-refractivity contribution < 1.29 is 4.79 Å². The fourth-order valence-electron chi connectivity index (χ4n) is 0.719. The Morgan fingerprint density at radius 3 is 2.91 bits per heavy atom. The van der Waals surface area contributed by atoms with Crippen LogP contribution < -0.4 is 0 Å². The Labute approximate surface area is 77.7 Å². The molecule has 1 aromatic rings. The van der Waals surface area contributed by atoms with Crippen LogP contribution in [-0.2, 0) is 0 Å². The SMILES string of the molecule is Cc1cc(Cl)nc(C=O)c1Br. The molecule has 11 heavy (non-hydrogen) atoms. The highest BCUT2D eigenvalue weighted by atomic mass is 79.9. The van der Waals surface area contributed by atoms with Gasteiger partial charge in [-0.15, -0.1) is 0 Å². The summed E-state index contributed by atoms with van der Waals surface area (Å²) in [5.41, 5.74) is 1.25. The highest BCUT2D eigenvalue weighted by Crippen LogP contribution is 2.21. The first-order chi connectivity index (χ1) is 5.15. The minimum absolute atomic E-state index is 0.341. The van der Waals surface area contributed by atoms with Crippen molar-refractivity contribution in [3.05, 3.63) is 26.9 Å². The number of rotatable bonds is 1. The van der Waals surface area contributed by atoms with Crippen molar-refractivity contribution in [3.8, 4) is 0 Å². The lowest BCUT2D eigenvalue weighted by atomic mass is 10.2. The summed E-state index contributed by atoms with van der Waals surface area (Å²) in [4.78, 5) is 14.2. The Hall–Kier alpha value is -0.410. The fourth-order valence-corrected chi connectivity index (χ4v) is 1.27. The number of carbonyl (C=O) groups excluding carboxylic acids is 1. The van der Waals surface area contributed by atoms with Crippen LogP contribution in [-0.4, -0.2) is 11.3 Å². The van der Waals surface area contributed by atoms with E-state index in [9.17, 15) is 4.79 Å². The fraction of sp³-hybridized carbons (Fsp3) is 0.143. The molecule has 0 aliphatic heterocycles. The smallest absolute Gasteiger partial charge is 0.169 e. The van der Waals surface area contributed by atoms with Crippen molar-refractivity contribution in [1.29, 1.82) is 0 Å². The molecule has 2 nitrogen and oxygen atoms in total. The zero-order valence-electron chi connectivity index (χ0n) is 5.77. The summed E-state index contributed by atoms with van der Waals surface area (Å²) < 4.78 is 0.705. The van der Waals surface area contributed by atoms with E-state index in [1.54, 1.807) is 6.07 Å². The Bertz CT molecular complexity index is 301. The van der Waals surface area contributed by atoms with E-state index >= 15 is 0 Å². The molecule has 0 aliphatic rings. The minimum atomic E-state index is 0.341. The number of halogens is 2. The zero-order valence-corrected chi connectivity index (χ0v) is 8.11. The Morgan fingerprint density at radius 1 is 1.73 bits per heavy atom. The molecule has 0 fully saturated rings. The molecule has 0 aromatic carbocycles. The molecule has 0 saturated carbocycles. The summed E-state index contributed by atoms with van der Waals surface area (Å²) in [5.74, 6) is 0. The molecular formula is C7H5BrClNO. The van der Waals surface area contributed by atoms with Crippen molar-refractivity contribution in [1.82, 2.24) is 4.98 Å². The number of pyridine rings is 1. The first kappa shape index (κ1) is 8.68. The molecule has 58 valence electrons. The van der Waals surface area contributed by atoms with E-state index in [2.05, 4.69) is 20.9 Å². The van der Waals surface area contributed by atoms with Gasteiger partial charge in [0.1, 0.15) is 10.8 Å². The van der Waals surface area contributed by atoms with Crippen molar-refractivity contribution in [2.24, 2.45) is 0 Å². The van der Waals surface area contributed by atoms with Gasteiger partial charge in [-0.05, 0) is 34.5 Å². The first-order valence-corrected chi connectivity index (χ1v) is 4.10. The maximum atomic E-state index is 10.4. The van der Waals surface area contributed by atoms with E-state index in [0.29, 0.717) is 21.6 Å². The monoisotopic (exact) mass is 233 g/mol. The van der Waals surface area contributed by atoms with E-state index in [0.717, 1.165) is 5.56 Å². The second kappa shape index (κ2) is 3.32. The summed E-state index contributed by atoms with van der Waals surface area (Å²) in [6.45, 7) is 1.85. The van der Waals surface area contributed by atoms with E-state index in [4.69, 9.17) is 11.6 Å². The van der Waals surface area contributed by atoms with Gasteiger partial charge in [-0.3, -0.25) is 4.79 Å². The third-order valence-electron chi connectivity index (χ3n) is 1.25. The zero-order chi connectivity index (χ0) is 8.43. The molecule has 0 unspecified atom stereocenters. The number of aldehydes is 1. The number of aryl methyl sites for hydroxylation is 1. The number of hydrogen-bond donors (Lipinski definition) is 0. The van der Waals surface area contributed by atoms with Gasteiger partial charge in [-0.2, -0.15) is 0 Å². The maximum absolute atomic E-state index is 10.4. The number of nitrogens with zero attached hydrogens (tertiary/aromatic N) is 1. The van der Waals surface area contributed by atoms with Crippen molar-refractivity contribution in [2.75, 3.05) is 0 Å². The Morgan fingerprint density at radius 2 is 2.36 bits per heavy atom. The summed E-state index contributed by atoms with van der Waals surface area (Å²) in [5, 5.41) is 0.341. The summed E-state index contributed by atoms with van der Waals surface area (Å²) >= 11 is 8.83. The molecule has 1 heterocycles. The molecule has 0 radical (unpaired) electrons. The number of carbonyl (C=O) groups is 1. The molecule has 4 heteroatoms. The van der Waals surface area contributed by atoms with Crippen LogP contribution in [0.4, 0.5) is 0 Å². The van der Waals surface area contributed by atoms with Crippen LogP contribution in [0.1, 0.15) is 16.1 Å². The number of hydrogen-bond acceptors (Lipinski definition) is 2. The minimum Gasteiger partial charge on any atom is -0.296 e. The third-order valence-corrected chi connectivity index (χ3v) is 2.47. The Balaban J connectivity index is 3.35. The van der Waals surface area contributed by atoms with Crippen LogP contribution in [0.5, 0.6) is 0 Å². The molecular weight excluding hydrogens is 229 g/mol.